The monoisotopic (exact) mass is 425 g/mol. The van der Waals surface area contributed by atoms with Crippen molar-refractivity contribution in [1.29, 1.82) is 0 Å². The van der Waals surface area contributed by atoms with Gasteiger partial charge in [-0.05, 0) is 16.5 Å². The first kappa shape index (κ1) is 19.1. The normalized spacial score (nSPS) is 11.2. The summed E-state index contributed by atoms with van der Waals surface area (Å²) in [4.78, 5) is 22.9. The van der Waals surface area contributed by atoms with Gasteiger partial charge in [0, 0.05) is 16.5 Å². The van der Waals surface area contributed by atoms with E-state index in [0.29, 0.717) is 11.5 Å². The lowest BCUT2D eigenvalue weighted by atomic mass is 9.93. The molecule has 33 heavy (non-hydrogen) atoms. The molecule has 4 aromatic carbocycles. The first-order chi connectivity index (χ1) is 16.3. The maximum Gasteiger partial charge on any atom is 0.355 e. The van der Waals surface area contributed by atoms with Gasteiger partial charge in [-0.25, -0.2) is 14.2 Å². The van der Waals surface area contributed by atoms with Crippen LogP contribution in [0.2, 0.25) is 0 Å². The smallest absolute Gasteiger partial charge is 0.245 e. The number of benzene rings is 4. The van der Waals surface area contributed by atoms with Gasteiger partial charge in [-0.15, -0.1) is 0 Å². The fourth-order valence-electron chi connectivity index (χ4n) is 4.41. The van der Waals surface area contributed by atoms with E-state index >= 15 is 0 Å². The van der Waals surface area contributed by atoms with Gasteiger partial charge in [0.1, 0.15) is 0 Å². The van der Waals surface area contributed by atoms with Crippen molar-refractivity contribution in [1.82, 2.24) is 14.4 Å². The highest BCUT2D eigenvalue weighted by molar-refractivity contribution is 6.08. The predicted molar refractivity (Wildman–Crippen MR) is 133 cm³/mol. The molecule has 0 N–H and O–H groups in total. The zero-order valence-corrected chi connectivity index (χ0v) is 17.7. The zero-order valence-electron chi connectivity index (χ0n) is 17.7. The quantitative estimate of drug-likeness (QED) is 0.315. The summed E-state index contributed by atoms with van der Waals surface area (Å²) in [7, 11) is 0. The van der Waals surface area contributed by atoms with Crippen molar-refractivity contribution >= 4 is 16.4 Å². The Bertz CT molecular complexity index is 1660. The number of hydrogen-bond donors (Lipinski definition) is 0. The van der Waals surface area contributed by atoms with Crippen molar-refractivity contribution in [3.63, 3.8) is 0 Å². The van der Waals surface area contributed by atoms with Gasteiger partial charge < -0.3 is 0 Å². The molecule has 156 valence electrons. The van der Waals surface area contributed by atoms with E-state index < -0.39 is 0 Å². The molecule has 0 atom stereocenters. The van der Waals surface area contributed by atoms with Crippen molar-refractivity contribution in [3.05, 3.63) is 126 Å². The van der Waals surface area contributed by atoms with Crippen LogP contribution in [-0.2, 0) is 0 Å². The number of rotatable bonds is 3. The molecule has 0 spiro atoms. The third-order valence-corrected chi connectivity index (χ3v) is 5.86. The van der Waals surface area contributed by atoms with Gasteiger partial charge >= 0.3 is 5.69 Å². The van der Waals surface area contributed by atoms with Gasteiger partial charge in [-0.2, -0.15) is 4.98 Å². The first-order valence-electron chi connectivity index (χ1n) is 10.8. The fourth-order valence-corrected chi connectivity index (χ4v) is 4.41. The average Bonchev–Trinajstić information content (AvgIpc) is 2.89. The maximum absolute atomic E-state index is 13.6. The SMILES string of the molecule is O=c1nc(-c2ccccc2)nc2c3ccccc3c(-c3ccccc3)c(-c3ccccc3)n12. The van der Waals surface area contributed by atoms with E-state index in [9.17, 15) is 4.79 Å². The molecule has 0 aliphatic heterocycles. The molecular formula is C29H19N3O. The summed E-state index contributed by atoms with van der Waals surface area (Å²) in [5, 5.41) is 1.95. The number of pyridine rings is 1. The highest BCUT2D eigenvalue weighted by Gasteiger charge is 2.20. The Hall–Kier alpha value is -4.57. The van der Waals surface area contributed by atoms with Crippen LogP contribution in [0, 0.1) is 0 Å². The van der Waals surface area contributed by atoms with Crippen LogP contribution in [0.1, 0.15) is 0 Å². The molecule has 0 bridgehead atoms. The summed E-state index contributed by atoms with van der Waals surface area (Å²) < 4.78 is 1.66. The number of fused-ring (bicyclic) bond motifs is 3. The van der Waals surface area contributed by atoms with Gasteiger partial charge in [0.15, 0.2) is 11.5 Å². The fraction of sp³-hybridized carbons (Fsp3) is 0. The molecule has 6 rings (SSSR count). The van der Waals surface area contributed by atoms with Crippen molar-refractivity contribution in [2.75, 3.05) is 0 Å². The van der Waals surface area contributed by atoms with Crippen molar-refractivity contribution in [2.45, 2.75) is 0 Å². The maximum atomic E-state index is 13.6. The second-order valence-electron chi connectivity index (χ2n) is 7.86. The van der Waals surface area contributed by atoms with Gasteiger partial charge in [0.2, 0.25) is 0 Å². The summed E-state index contributed by atoms with van der Waals surface area (Å²) in [6.07, 6.45) is 0. The minimum Gasteiger partial charge on any atom is -0.245 e. The van der Waals surface area contributed by atoms with Crippen molar-refractivity contribution < 1.29 is 0 Å². The second kappa shape index (κ2) is 7.84. The summed E-state index contributed by atoms with van der Waals surface area (Å²) >= 11 is 0. The largest absolute Gasteiger partial charge is 0.355 e. The Morgan fingerprint density at radius 2 is 1.03 bits per heavy atom. The Kier molecular flexibility index (Phi) is 4.55. The van der Waals surface area contributed by atoms with Crippen molar-refractivity contribution in [2.24, 2.45) is 0 Å². The van der Waals surface area contributed by atoms with Crippen LogP contribution in [0.3, 0.4) is 0 Å². The van der Waals surface area contributed by atoms with Crippen LogP contribution in [0.5, 0.6) is 0 Å². The molecule has 4 heteroatoms. The summed E-state index contributed by atoms with van der Waals surface area (Å²) in [6.45, 7) is 0. The molecule has 6 aromatic rings. The van der Waals surface area contributed by atoms with Gasteiger partial charge in [0.05, 0.1) is 5.69 Å². The molecule has 4 nitrogen and oxygen atoms in total. The van der Waals surface area contributed by atoms with Crippen LogP contribution in [0.4, 0.5) is 0 Å². The van der Waals surface area contributed by atoms with Crippen LogP contribution < -0.4 is 5.69 Å². The third kappa shape index (κ3) is 3.20. The Morgan fingerprint density at radius 1 is 0.515 bits per heavy atom. The minimum atomic E-state index is -0.347. The van der Waals surface area contributed by atoms with Crippen LogP contribution in [0.25, 0.3) is 50.2 Å². The van der Waals surface area contributed by atoms with Crippen LogP contribution >= 0.6 is 0 Å². The lowest BCUT2D eigenvalue weighted by molar-refractivity contribution is 0.962. The first-order valence-corrected chi connectivity index (χ1v) is 10.8. The lowest BCUT2D eigenvalue weighted by Crippen LogP contribution is -2.22. The van der Waals surface area contributed by atoms with E-state index in [1.165, 1.54) is 0 Å². The molecule has 0 radical (unpaired) electrons. The standard InChI is InChI=1S/C29H19N3O/c33-29-31-27(22-16-8-3-9-17-22)30-28-24-19-11-10-18-23(24)25(20-12-4-1-5-13-20)26(32(28)29)21-14-6-2-7-15-21/h1-19H. The molecule has 0 aliphatic carbocycles. The molecule has 0 amide bonds. The van der Waals surface area contributed by atoms with E-state index in [0.717, 1.165) is 38.7 Å². The van der Waals surface area contributed by atoms with E-state index in [1.54, 1.807) is 4.40 Å². The summed E-state index contributed by atoms with van der Waals surface area (Å²) in [5.74, 6) is 0.428. The van der Waals surface area contributed by atoms with E-state index in [4.69, 9.17) is 4.98 Å². The molecule has 0 fully saturated rings. The minimum absolute atomic E-state index is 0.347. The molecule has 0 saturated carbocycles. The topological polar surface area (TPSA) is 47.3 Å². The number of hydrogen-bond acceptors (Lipinski definition) is 3. The Labute approximate surface area is 190 Å². The molecule has 0 unspecified atom stereocenters. The summed E-state index contributed by atoms with van der Waals surface area (Å²) in [6, 6.07) is 37.9. The highest BCUT2D eigenvalue weighted by atomic mass is 16.1. The van der Waals surface area contributed by atoms with Gasteiger partial charge in [-0.3, -0.25) is 0 Å². The Morgan fingerprint density at radius 3 is 1.67 bits per heavy atom. The van der Waals surface area contributed by atoms with Crippen LogP contribution in [0.15, 0.2) is 120 Å². The van der Waals surface area contributed by atoms with Gasteiger partial charge in [0.25, 0.3) is 0 Å². The Balaban J connectivity index is 1.84. The number of aromatic nitrogens is 3. The summed E-state index contributed by atoms with van der Waals surface area (Å²) in [5.41, 5.74) is 4.82. The van der Waals surface area contributed by atoms with Gasteiger partial charge in [-0.1, -0.05) is 115 Å². The molecule has 0 saturated heterocycles. The van der Waals surface area contributed by atoms with E-state index in [1.807, 2.05) is 97.1 Å². The second-order valence-corrected chi connectivity index (χ2v) is 7.86. The van der Waals surface area contributed by atoms with Crippen LogP contribution in [-0.4, -0.2) is 14.4 Å². The molecular weight excluding hydrogens is 406 g/mol. The number of nitrogens with zero attached hydrogens (tertiary/aromatic N) is 3. The van der Waals surface area contributed by atoms with Crippen molar-refractivity contribution in [3.8, 4) is 33.8 Å². The third-order valence-electron chi connectivity index (χ3n) is 5.86. The molecule has 0 aliphatic rings. The zero-order chi connectivity index (χ0) is 22.2. The average molecular weight is 425 g/mol. The lowest BCUT2D eigenvalue weighted by Gasteiger charge is -2.18. The highest BCUT2D eigenvalue weighted by Crippen LogP contribution is 2.39. The predicted octanol–water partition coefficient (Wildman–Crippen LogP) is 6.24. The molecule has 2 heterocycles. The van der Waals surface area contributed by atoms with E-state index in [2.05, 4.69) is 23.2 Å². The molecule has 2 aromatic heterocycles. The van der Waals surface area contributed by atoms with E-state index in [-0.39, 0.29) is 5.69 Å².